The average molecular weight is 259 g/mol. The van der Waals surface area contributed by atoms with E-state index in [9.17, 15) is 8.42 Å². The van der Waals surface area contributed by atoms with E-state index in [0.717, 1.165) is 11.8 Å². The van der Waals surface area contributed by atoms with E-state index in [1.165, 1.54) is 0 Å². The van der Waals surface area contributed by atoms with Gasteiger partial charge in [0, 0.05) is 19.3 Å². The normalized spacial score (nSPS) is 13.6. The van der Waals surface area contributed by atoms with Crippen molar-refractivity contribution < 1.29 is 18.6 Å². The first-order valence-corrected chi connectivity index (χ1v) is 7.11. The molecule has 0 amide bonds. The largest absolute Gasteiger partial charge is 0.394 e. The number of aliphatic hydroxyl groups is 2. The average Bonchev–Trinajstić information content (AvgIpc) is 2.28. The van der Waals surface area contributed by atoms with Gasteiger partial charge in [0.2, 0.25) is 0 Å². The van der Waals surface area contributed by atoms with Crippen LogP contribution in [0, 0.1) is 0 Å². The summed E-state index contributed by atoms with van der Waals surface area (Å²) in [5.74, 6) is 0. The van der Waals surface area contributed by atoms with Gasteiger partial charge in [0.1, 0.15) is 0 Å². The first kappa shape index (κ1) is 14.1. The second-order valence-corrected chi connectivity index (χ2v) is 5.90. The van der Waals surface area contributed by atoms with Gasteiger partial charge in [-0.15, -0.1) is 0 Å². The van der Waals surface area contributed by atoms with Gasteiger partial charge in [0.05, 0.1) is 17.6 Å². The molecule has 5 nitrogen and oxygen atoms in total. The zero-order chi connectivity index (χ0) is 12.9. The third kappa shape index (κ3) is 4.82. The van der Waals surface area contributed by atoms with E-state index in [-0.39, 0.29) is 11.5 Å². The molecule has 0 unspecified atom stereocenters. The highest BCUT2D eigenvalue weighted by molar-refractivity contribution is 7.90. The first-order valence-electron chi connectivity index (χ1n) is 5.22. The van der Waals surface area contributed by atoms with Crippen molar-refractivity contribution in [3.8, 4) is 0 Å². The quantitative estimate of drug-likeness (QED) is 0.643. The second-order valence-electron chi connectivity index (χ2n) is 3.88. The minimum Gasteiger partial charge on any atom is -0.394 e. The first-order chi connectivity index (χ1) is 7.93. The highest BCUT2D eigenvalue weighted by Crippen LogP contribution is 2.09. The molecular weight excluding hydrogens is 242 g/mol. The lowest BCUT2D eigenvalue weighted by Gasteiger charge is -2.09. The van der Waals surface area contributed by atoms with E-state index in [1.54, 1.807) is 24.3 Å². The van der Waals surface area contributed by atoms with E-state index in [4.69, 9.17) is 10.2 Å². The molecule has 96 valence electrons. The summed E-state index contributed by atoms with van der Waals surface area (Å²) in [5.41, 5.74) is 0.919. The Morgan fingerprint density at radius 3 is 2.35 bits per heavy atom. The van der Waals surface area contributed by atoms with Gasteiger partial charge in [0.15, 0.2) is 9.84 Å². The summed E-state index contributed by atoms with van der Waals surface area (Å²) in [4.78, 5) is 0.289. The molecule has 1 aromatic carbocycles. The topological polar surface area (TPSA) is 86.6 Å². The van der Waals surface area contributed by atoms with Gasteiger partial charge < -0.3 is 15.5 Å². The molecule has 17 heavy (non-hydrogen) atoms. The van der Waals surface area contributed by atoms with Crippen LogP contribution in [0.1, 0.15) is 5.56 Å². The SMILES string of the molecule is CS(=O)(=O)c1ccc(CNC[C@H](O)CO)cc1. The van der Waals surface area contributed by atoms with Gasteiger partial charge in [-0.2, -0.15) is 0 Å². The number of hydrogen-bond acceptors (Lipinski definition) is 5. The van der Waals surface area contributed by atoms with E-state index in [1.807, 2.05) is 0 Å². The molecule has 0 bridgehead atoms. The van der Waals surface area contributed by atoms with Crippen molar-refractivity contribution in [2.75, 3.05) is 19.4 Å². The molecule has 0 aliphatic carbocycles. The number of aliphatic hydroxyl groups excluding tert-OH is 2. The second kappa shape index (κ2) is 6.11. The number of rotatable bonds is 6. The van der Waals surface area contributed by atoms with Crippen molar-refractivity contribution >= 4 is 9.84 Å². The van der Waals surface area contributed by atoms with Crippen LogP contribution in [0.5, 0.6) is 0 Å². The fourth-order valence-corrected chi connectivity index (χ4v) is 1.93. The molecule has 0 spiro atoms. The molecule has 0 fully saturated rings. The van der Waals surface area contributed by atoms with Crippen LogP contribution in [0.25, 0.3) is 0 Å². The molecule has 6 heteroatoms. The zero-order valence-electron chi connectivity index (χ0n) is 9.63. The van der Waals surface area contributed by atoms with Gasteiger partial charge >= 0.3 is 0 Å². The molecule has 1 rings (SSSR count). The lowest BCUT2D eigenvalue weighted by molar-refractivity contribution is 0.0942. The van der Waals surface area contributed by atoms with Crippen LogP contribution in [0.15, 0.2) is 29.2 Å². The van der Waals surface area contributed by atoms with Crippen molar-refractivity contribution in [1.29, 1.82) is 0 Å². The summed E-state index contributed by atoms with van der Waals surface area (Å²) < 4.78 is 22.4. The number of nitrogens with one attached hydrogen (secondary N) is 1. The van der Waals surface area contributed by atoms with Crippen molar-refractivity contribution in [3.05, 3.63) is 29.8 Å². The Morgan fingerprint density at radius 2 is 1.88 bits per heavy atom. The summed E-state index contributed by atoms with van der Waals surface area (Å²) in [6, 6.07) is 6.53. The summed E-state index contributed by atoms with van der Waals surface area (Å²) in [6.45, 7) is 0.533. The smallest absolute Gasteiger partial charge is 0.175 e. The molecule has 1 aromatic rings. The predicted octanol–water partition coefficient (Wildman–Crippen LogP) is -0.467. The number of benzene rings is 1. The lowest BCUT2D eigenvalue weighted by atomic mass is 10.2. The molecule has 0 saturated heterocycles. The minimum absolute atomic E-state index is 0.278. The summed E-state index contributed by atoms with van der Waals surface area (Å²) in [7, 11) is -3.15. The van der Waals surface area contributed by atoms with Gasteiger partial charge in [-0.25, -0.2) is 8.42 Å². The Kier molecular flexibility index (Phi) is 5.07. The predicted molar refractivity (Wildman–Crippen MR) is 64.4 cm³/mol. The number of hydrogen-bond donors (Lipinski definition) is 3. The minimum atomic E-state index is -3.15. The van der Waals surface area contributed by atoms with Gasteiger partial charge in [-0.1, -0.05) is 12.1 Å². The Labute approximate surface area is 101 Å². The van der Waals surface area contributed by atoms with Gasteiger partial charge in [-0.05, 0) is 17.7 Å². The van der Waals surface area contributed by atoms with E-state index < -0.39 is 15.9 Å². The molecule has 1 atom stereocenters. The lowest BCUT2D eigenvalue weighted by Crippen LogP contribution is -2.28. The van der Waals surface area contributed by atoms with E-state index in [2.05, 4.69) is 5.32 Å². The van der Waals surface area contributed by atoms with Crippen molar-refractivity contribution in [2.24, 2.45) is 0 Å². The molecule has 0 aliphatic heterocycles. The molecule has 0 aliphatic rings. The van der Waals surface area contributed by atoms with Crippen LogP contribution >= 0.6 is 0 Å². The molecule has 3 N–H and O–H groups in total. The van der Waals surface area contributed by atoms with Crippen LogP contribution in [-0.4, -0.2) is 44.1 Å². The summed E-state index contributed by atoms with van der Waals surface area (Å²) in [5, 5.41) is 20.6. The van der Waals surface area contributed by atoms with Crippen molar-refractivity contribution in [3.63, 3.8) is 0 Å². The van der Waals surface area contributed by atoms with Crippen molar-refractivity contribution in [2.45, 2.75) is 17.5 Å². The summed E-state index contributed by atoms with van der Waals surface area (Å²) >= 11 is 0. The maximum Gasteiger partial charge on any atom is 0.175 e. The Bertz CT molecular complexity index is 441. The van der Waals surface area contributed by atoms with Crippen LogP contribution in [-0.2, 0) is 16.4 Å². The van der Waals surface area contributed by atoms with E-state index >= 15 is 0 Å². The third-order valence-corrected chi connectivity index (χ3v) is 3.40. The molecule has 0 saturated carbocycles. The van der Waals surface area contributed by atoms with E-state index in [0.29, 0.717) is 13.1 Å². The molecule has 0 aromatic heterocycles. The Hall–Kier alpha value is -0.950. The molecular formula is C11H17NO4S. The fraction of sp³-hybridized carbons (Fsp3) is 0.455. The van der Waals surface area contributed by atoms with Crippen LogP contribution in [0.3, 0.4) is 0 Å². The van der Waals surface area contributed by atoms with Crippen LogP contribution in [0.4, 0.5) is 0 Å². The monoisotopic (exact) mass is 259 g/mol. The Morgan fingerprint density at radius 1 is 1.29 bits per heavy atom. The molecule has 0 radical (unpaired) electrons. The van der Waals surface area contributed by atoms with Crippen LogP contribution < -0.4 is 5.32 Å². The number of sulfone groups is 1. The van der Waals surface area contributed by atoms with Crippen LogP contribution in [0.2, 0.25) is 0 Å². The van der Waals surface area contributed by atoms with Gasteiger partial charge in [0.25, 0.3) is 0 Å². The highest BCUT2D eigenvalue weighted by Gasteiger charge is 2.06. The maximum atomic E-state index is 11.2. The fourth-order valence-electron chi connectivity index (χ4n) is 1.30. The Balaban J connectivity index is 2.52. The summed E-state index contributed by atoms with van der Waals surface area (Å²) in [6.07, 6.45) is 0.392. The zero-order valence-corrected chi connectivity index (χ0v) is 10.4. The van der Waals surface area contributed by atoms with Crippen molar-refractivity contribution in [1.82, 2.24) is 5.32 Å². The molecule has 0 heterocycles. The standard InChI is InChI=1S/C11H17NO4S/c1-17(15,16)11-4-2-9(3-5-11)6-12-7-10(14)8-13/h2-5,10,12-14H,6-8H2,1H3/t10-/m0/s1. The maximum absolute atomic E-state index is 11.2. The third-order valence-electron chi connectivity index (χ3n) is 2.27. The van der Waals surface area contributed by atoms with Gasteiger partial charge in [-0.3, -0.25) is 0 Å². The highest BCUT2D eigenvalue weighted by atomic mass is 32.2.